The van der Waals surface area contributed by atoms with Gasteiger partial charge in [0.15, 0.2) is 0 Å². The lowest BCUT2D eigenvalue weighted by Crippen LogP contribution is -2.51. The number of rotatable bonds is 3. The second kappa shape index (κ2) is 7.17. The predicted molar refractivity (Wildman–Crippen MR) is 78.8 cm³/mol. The molecule has 1 saturated heterocycles. The molecule has 1 aromatic heterocycles. The smallest absolute Gasteiger partial charge is 0.267 e. The standard InChI is InChI=1S/C12H20N4OS.ClH/c1-3-9-11(18-15-14-9)12(17)16-6-4-5-8(2)10(16)7-13;/h8,10H,3-7,13H2,1-2H3;1H. The summed E-state index contributed by atoms with van der Waals surface area (Å²) in [6, 6.07) is 0.151. The first-order valence-corrected chi connectivity index (χ1v) is 7.28. The number of nitrogens with two attached hydrogens (primary N) is 1. The van der Waals surface area contributed by atoms with Gasteiger partial charge in [0, 0.05) is 19.1 Å². The highest BCUT2D eigenvalue weighted by Gasteiger charge is 2.33. The van der Waals surface area contributed by atoms with Gasteiger partial charge in [0.05, 0.1) is 5.69 Å². The van der Waals surface area contributed by atoms with Crippen molar-refractivity contribution in [3.63, 3.8) is 0 Å². The zero-order chi connectivity index (χ0) is 13.1. The van der Waals surface area contributed by atoms with Crippen LogP contribution >= 0.6 is 23.9 Å². The van der Waals surface area contributed by atoms with Gasteiger partial charge in [-0.1, -0.05) is 18.3 Å². The maximum atomic E-state index is 12.6. The molecule has 0 bridgehead atoms. The van der Waals surface area contributed by atoms with Crippen LogP contribution in [0.5, 0.6) is 0 Å². The maximum absolute atomic E-state index is 12.6. The molecule has 0 aromatic carbocycles. The van der Waals surface area contributed by atoms with Crippen LogP contribution < -0.4 is 5.73 Å². The first-order chi connectivity index (χ1) is 8.69. The molecule has 5 nitrogen and oxygen atoms in total. The van der Waals surface area contributed by atoms with Crippen molar-refractivity contribution in [2.75, 3.05) is 13.1 Å². The zero-order valence-electron chi connectivity index (χ0n) is 11.3. The number of hydrogen-bond acceptors (Lipinski definition) is 5. The Bertz CT molecular complexity index is 426. The van der Waals surface area contributed by atoms with Crippen molar-refractivity contribution in [3.05, 3.63) is 10.6 Å². The summed E-state index contributed by atoms with van der Waals surface area (Å²) in [5.74, 6) is 0.530. The van der Waals surface area contributed by atoms with Crippen LogP contribution in [0.4, 0.5) is 0 Å². The van der Waals surface area contributed by atoms with E-state index in [4.69, 9.17) is 5.73 Å². The average molecular weight is 305 g/mol. The van der Waals surface area contributed by atoms with E-state index >= 15 is 0 Å². The fraction of sp³-hybridized carbons (Fsp3) is 0.750. The van der Waals surface area contributed by atoms with E-state index in [1.807, 2.05) is 11.8 Å². The third-order valence-electron chi connectivity index (χ3n) is 3.70. The zero-order valence-corrected chi connectivity index (χ0v) is 13.0. The lowest BCUT2D eigenvalue weighted by atomic mass is 9.90. The number of amides is 1. The molecule has 1 aliphatic rings. The molecule has 0 radical (unpaired) electrons. The van der Waals surface area contributed by atoms with E-state index in [2.05, 4.69) is 16.5 Å². The highest BCUT2D eigenvalue weighted by atomic mass is 35.5. The van der Waals surface area contributed by atoms with Gasteiger partial charge in [0.25, 0.3) is 5.91 Å². The summed E-state index contributed by atoms with van der Waals surface area (Å²) in [4.78, 5) is 15.2. The summed E-state index contributed by atoms with van der Waals surface area (Å²) >= 11 is 1.20. The molecular formula is C12H21ClN4OS. The fourth-order valence-electron chi connectivity index (χ4n) is 2.59. The van der Waals surface area contributed by atoms with Gasteiger partial charge < -0.3 is 10.6 Å². The molecule has 2 N–H and O–H groups in total. The first kappa shape index (κ1) is 16.3. The molecule has 2 atom stereocenters. The number of hydrogen-bond donors (Lipinski definition) is 1. The fourth-order valence-corrected chi connectivity index (χ4v) is 3.30. The van der Waals surface area contributed by atoms with Crippen LogP contribution in [0.15, 0.2) is 0 Å². The average Bonchev–Trinajstić information content (AvgIpc) is 2.85. The summed E-state index contributed by atoms with van der Waals surface area (Å²) < 4.78 is 3.89. The number of halogens is 1. The molecule has 0 aliphatic carbocycles. The quantitative estimate of drug-likeness (QED) is 0.923. The molecule has 1 fully saturated rings. The molecule has 1 amide bonds. The lowest BCUT2D eigenvalue weighted by molar-refractivity contribution is 0.0536. The second-order valence-electron chi connectivity index (χ2n) is 4.82. The van der Waals surface area contributed by atoms with Gasteiger partial charge >= 0.3 is 0 Å². The topological polar surface area (TPSA) is 72.1 Å². The molecule has 2 unspecified atom stereocenters. The van der Waals surface area contributed by atoms with E-state index in [1.165, 1.54) is 11.5 Å². The Morgan fingerprint density at radius 3 is 2.95 bits per heavy atom. The Morgan fingerprint density at radius 2 is 2.32 bits per heavy atom. The summed E-state index contributed by atoms with van der Waals surface area (Å²) in [5.41, 5.74) is 6.63. The Hall–Kier alpha value is -0.720. The van der Waals surface area contributed by atoms with Crippen molar-refractivity contribution < 1.29 is 4.79 Å². The number of carbonyl (C=O) groups excluding carboxylic acids is 1. The second-order valence-corrected chi connectivity index (χ2v) is 5.58. The highest BCUT2D eigenvalue weighted by Crippen LogP contribution is 2.25. The Labute approximate surface area is 124 Å². The Morgan fingerprint density at radius 1 is 1.58 bits per heavy atom. The van der Waals surface area contributed by atoms with Gasteiger partial charge in [-0.05, 0) is 36.7 Å². The monoisotopic (exact) mass is 304 g/mol. The summed E-state index contributed by atoms with van der Waals surface area (Å²) in [6.45, 7) is 5.49. The number of piperidine rings is 1. The van der Waals surface area contributed by atoms with Crippen LogP contribution in [-0.4, -0.2) is 39.5 Å². The highest BCUT2D eigenvalue weighted by molar-refractivity contribution is 7.08. The predicted octanol–water partition coefficient (Wildman–Crippen LogP) is 1.72. The summed E-state index contributed by atoms with van der Waals surface area (Å²) in [6.07, 6.45) is 2.94. The molecule has 19 heavy (non-hydrogen) atoms. The number of nitrogens with zero attached hydrogens (tertiary/aromatic N) is 3. The maximum Gasteiger partial charge on any atom is 0.267 e. The van der Waals surface area contributed by atoms with Crippen molar-refractivity contribution in [1.29, 1.82) is 0 Å². The van der Waals surface area contributed by atoms with Gasteiger partial charge in [-0.15, -0.1) is 17.5 Å². The third-order valence-corrected chi connectivity index (χ3v) is 4.46. The minimum atomic E-state index is 0. The van der Waals surface area contributed by atoms with Crippen molar-refractivity contribution in [2.24, 2.45) is 11.7 Å². The molecule has 108 valence electrons. The van der Waals surface area contributed by atoms with Crippen molar-refractivity contribution in [2.45, 2.75) is 39.2 Å². The van der Waals surface area contributed by atoms with Gasteiger partial charge in [0.1, 0.15) is 4.88 Å². The van der Waals surface area contributed by atoms with Gasteiger partial charge in [0.2, 0.25) is 0 Å². The van der Waals surface area contributed by atoms with Crippen LogP contribution in [0.2, 0.25) is 0 Å². The van der Waals surface area contributed by atoms with Crippen LogP contribution in [0.25, 0.3) is 0 Å². The van der Waals surface area contributed by atoms with Crippen LogP contribution in [-0.2, 0) is 6.42 Å². The van der Waals surface area contributed by atoms with Crippen LogP contribution in [0, 0.1) is 5.92 Å². The van der Waals surface area contributed by atoms with E-state index in [-0.39, 0.29) is 24.4 Å². The molecule has 1 aliphatic heterocycles. The molecule has 1 aromatic rings. The minimum Gasteiger partial charge on any atom is -0.333 e. The van der Waals surface area contributed by atoms with Crippen molar-refractivity contribution in [3.8, 4) is 0 Å². The van der Waals surface area contributed by atoms with Crippen molar-refractivity contribution in [1.82, 2.24) is 14.5 Å². The number of carbonyl (C=O) groups is 1. The summed E-state index contributed by atoms with van der Waals surface area (Å²) in [5, 5.41) is 4.01. The Balaban J connectivity index is 0.00000180. The molecular weight excluding hydrogens is 284 g/mol. The summed E-state index contributed by atoms with van der Waals surface area (Å²) in [7, 11) is 0. The molecule has 0 spiro atoms. The van der Waals surface area contributed by atoms with E-state index < -0.39 is 0 Å². The number of aryl methyl sites for hydroxylation is 1. The van der Waals surface area contributed by atoms with E-state index in [1.54, 1.807) is 0 Å². The first-order valence-electron chi connectivity index (χ1n) is 6.51. The van der Waals surface area contributed by atoms with E-state index in [0.29, 0.717) is 17.3 Å². The minimum absolute atomic E-state index is 0. The number of aromatic nitrogens is 2. The van der Waals surface area contributed by atoms with Crippen LogP contribution in [0.3, 0.4) is 0 Å². The van der Waals surface area contributed by atoms with E-state index in [0.717, 1.165) is 31.5 Å². The molecule has 7 heteroatoms. The SMILES string of the molecule is CCc1nnsc1C(=O)N1CCCC(C)C1CN.Cl. The Kier molecular flexibility index (Phi) is 6.16. The lowest BCUT2D eigenvalue weighted by Gasteiger charge is -2.39. The normalized spacial score (nSPS) is 23.0. The van der Waals surface area contributed by atoms with Gasteiger partial charge in [-0.3, -0.25) is 4.79 Å². The van der Waals surface area contributed by atoms with Gasteiger partial charge in [-0.2, -0.15) is 0 Å². The third kappa shape index (κ3) is 3.24. The van der Waals surface area contributed by atoms with Crippen molar-refractivity contribution >= 4 is 29.8 Å². The largest absolute Gasteiger partial charge is 0.333 e. The van der Waals surface area contributed by atoms with E-state index in [9.17, 15) is 4.79 Å². The van der Waals surface area contributed by atoms with Crippen LogP contribution in [0.1, 0.15) is 42.1 Å². The number of likely N-dealkylation sites (tertiary alicyclic amines) is 1. The van der Waals surface area contributed by atoms with Gasteiger partial charge in [-0.25, -0.2) is 0 Å². The molecule has 2 rings (SSSR count). The molecule has 0 saturated carbocycles. The molecule has 2 heterocycles.